The van der Waals surface area contributed by atoms with E-state index in [1.165, 1.54) is 0 Å². The maximum absolute atomic E-state index is 12.1. The summed E-state index contributed by atoms with van der Waals surface area (Å²) in [5.41, 5.74) is 5.43. The molecule has 0 atom stereocenters. The van der Waals surface area contributed by atoms with E-state index in [9.17, 15) is 9.59 Å². The van der Waals surface area contributed by atoms with Gasteiger partial charge in [0.2, 0.25) is 0 Å². The first kappa shape index (κ1) is 13.3. The predicted molar refractivity (Wildman–Crippen MR) is 67.6 cm³/mol. The molecule has 1 saturated heterocycles. The second-order valence-corrected chi connectivity index (χ2v) is 4.18. The molecule has 0 saturated carbocycles. The molecule has 19 heavy (non-hydrogen) atoms. The number of carbonyl (C=O) groups excluding carboxylic acids is 2. The first-order valence-corrected chi connectivity index (χ1v) is 6.18. The molecular weight excluding hydrogens is 250 g/mol. The minimum Gasteiger partial charge on any atom is -0.450 e. The number of furan rings is 1. The number of hydrogen-bond donors (Lipinski definition) is 1. The van der Waals surface area contributed by atoms with Gasteiger partial charge >= 0.3 is 6.09 Å². The van der Waals surface area contributed by atoms with Gasteiger partial charge < -0.3 is 24.7 Å². The molecule has 2 amide bonds. The van der Waals surface area contributed by atoms with Crippen LogP contribution in [0.3, 0.4) is 0 Å². The van der Waals surface area contributed by atoms with Crippen LogP contribution in [0.25, 0.3) is 0 Å². The van der Waals surface area contributed by atoms with Crippen molar-refractivity contribution in [2.24, 2.45) is 0 Å². The highest BCUT2D eigenvalue weighted by Crippen LogP contribution is 2.13. The number of nitrogens with two attached hydrogens (primary N) is 1. The van der Waals surface area contributed by atoms with Crippen molar-refractivity contribution in [1.82, 2.24) is 9.80 Å². The Bertz CT molecular complexity index is 463. The van der Waals surface area contributed by atoms with Gasteiger partial charge in [-0.05, 0) is 13.0 Å². The number of rotatable bonds is 2. The van der Waals surface area contributed by atoms with Gasteiger partial charge in [-0.1, -0.05) is 0 Å². The molecule has 1 aromatic rings. The van der Waals surface area contributed by atoms with Crippen molar-refractivity contribution in [1.29, 1.82) is 0 Å². The van der Waals surface area contributed by atoms with Crippen LogP contribution in [0.5, 0.6) is 0 Å². The summed E-state index contributed by atoms with van der Waals surface area (Å²) in [6.07, 6.45) is -0.336. The van der Waals surface area contributed by atoms with E-state index in [0.717, 1.165) is 0 Å². The molecule has 1 fully saturated rings. The molecule has 0 radical (unpaired) electrons. The van der Waals surface area contributed by atoms with Gasteiger partial charge in [-0.15, -0.1) is 0 Å². The molecule has 1 aromatic heterocycles. The Kier molecular flexibility index (Phi) is 3.94. The van der Waals surface area contributed by atoms with Crippen LogP contribution in [0.4, 0.5) is 10.7 Å². The molecular formula is C12H17N3O4. The summed E-state index contributed by atoms with van der Waals surface area (Å²) in [5.74, 6) is 0.232. The van der Waals surface area contributed by atoms with Crippen molar-refractivity contribution in [3.63, 3.8) is 0 Å². The Labute approximate surface area is 110 Å². The minimum atomic E-state index is -0.336. The number of hydrogen-bond acceptors (Lipinski definition) is 5. The highest BCUT2D eigenvalue weighted by molar-refractivity contribution is 5.92. The van der Waals surface area contributed by atoms with E-state index in [4.69, 9.17) is 14.9 Å². The predicted octanol–water partition coefficient (Wildman–Crippen LogP) is 0.776. The number of nitrogen functional groups attached to an aromatic ring is 1. The number of carbonyl (C=O) groups is 2. The lowest BCUT2D eigenvalue weighted by atomic mass is 10.3. The molecule has 0 aromatic carbocycles. The van der Waals surface area contributed by atoms with Crippen molar-refractivity contribution in [3.05, 3.63) is 17.9 Å². The van der Waals surface area contributed by atoms with Crippen molar-refractivity contribution in [3.8, 4) is 0 Å². The number of amides is 2. The molecule has 2 heterocycles. The lowest BCUT2D eigenvalue weighted by Crippen LogP contribution is -2.50. The van der Waals surface area contributed by atoms with E-state index in [1.54, 1.807) is 28.9 Å². The van der Waals surface area contributed by atoms with Crippen molar-refractivity contribution in [2.75, 3.05) is 38.5 Å². The summed E-state index contributed by atoms with van der Waals surface area (Å²) in [6, 6.07) is 3.09. The second-order valence-electron chi connectivity index (χ2n) is 4.18. The lowest BCUT2D eigenvalue weighted by molar-refractivity contribution is 0.0547. The second kappa shape index (κ2) is 5.64. The summed E-state index contributed by atoms with van der Waals surface area (Å²) < 4.78 is 10.0. The largest absolute Gasteiger partial charge is 0.450 e. The summed E-state index contributed by atoms with van der Waals surface area (Å²) >= 11 is 0. The maximum atomic E-state index is 12.1. The van der Waals surface area contributed by atoms with Gasteiger partial charge in [0.25, 0.3) is 5.91 Å². The molecule has 7 heteroatoms. The van der Waals surface area contributed by atoms with Gasteiger partial charge in [0.05, 0.1) is 6.61 Å². The Balaban J connectivity index is 1.89. The van der Waals surface area contributed by atoms with Crippen LogP contribution in [0.2, 0.25) is 0 Å². The highest BCUT2D eigenvalue weighted by Gasteiger charge is 2.26. The Morgan fingerprint density at radius 3 is 2.42 bits per heavy atom. The van der Waals surface area contributed by atoms with Crippen LogP contribution in [0.15, 0.2) is 16.5 Å². The summed E-state index contributed by atoms with van der Waals surface area (Å²) in [5, 5.41) is 0. The van der Waals surface area contributed by atoms with Gasteiger partial charge in [-0.2, -0.15) is 0 Å². The fourth-order valence-electron chi connectivity index (χ4n) is 1.93. The number of nitrogens with zero attached hydrogens (tertiary/aromatic N) is 2. The number of ether oxygens (including phenoxy) is 1. The summed E-state index contributed by atoms with van der Waals surface area (Å²) in [4.78, 5) is 26.8. The van der Waals surface area contributed by atoms with Crippen LogP contribution in [-0.2, 0) is 4.74 Å². The zero-order valence-electron chi connectivity index (χ0n) is 10.8. The summed E-state index contributed by atoms with van der Waals surface area (Å²) in [7, 11) is 0. The molecule has 2 N–H and O–H groups in total. The van der Waals surface area contributed by atoms with E-state index in [2.05, 4.69) is 0 Å². The number of piperazine rings is 1. The molecule has 2 rings (SSSR count). The van der Waals surface area contributed by atoms with Gasteiger partial charge in [0.15, 0.2) is 11.6 Å². The SMILES string of the molecule is CCOC(=O)N1CCN(C(=O)c2ccc(N)o2)CC1. The molecule has 7 nitrogen and oxygen atoms in total. The Morgan fingerprint density at radius 2 is 1.89 bits per heavy atom. The molecule has 0 spiro atoms. The van der Waals surface area contributed by atoms with E-state index in [-0.39, 0.29) is 23.6 Å². The van der Waals surface area contributed by atoms with Gasteiger partial charge in [0.1, 0.15) is 0 Å². The van der Waals surface area contributed by atoms with E-state index in [1.807, 2.05) is 0 Å². The van der Waals surface area contributed by atoms with Gasteiger partial charge in [-0.25, -0.2) is 4.79 Å². The van der Waals surface area contributed by atoms with E-state index >= 15 is 0 Å². The smallest absolute Gasteiger partial charge is 0.409 e. The third kappa shape index (κ3) is 2.98. The van der Waals surface area contributed by atoms with Crippen molar-refractivity contribution in [2.45, 2.75) is 6.92 Å². The van der Waals surface area contributed by atoms with Gasteiger partial charge in [-0.3, -0.25) is 4.79 Å². The number of anilines is 1. The molecule has 0 aliphatic carbocycles. The van der Waals surface area contributed by atoms with Crippen LogP contribution in [0.1, 0.15) is 17.5 Å². The lowest BCUT2D eigenvalue weighted by Gasteiger charge is -2.33. The van der Waals surface area contributed by atoms with Crippen molar-refractivity contribution < 1.29 is 18.7 Å². The van der Waals surface area contributed by atoms with Crippen LogP contribution in [-0.4, -0.2) is 54.6 Å². The Morgan fingerprint density at radius 1 is 1.26 bits per heavy atom. The molecule has 1 aliphatic heterocycles. The van der Waals surface area contributed by atoms with Gasteiger partial charge in [0, 0.05) is 32.2 Å². The quantitative estimate of drug-likeness (QED) is 0.855. The first-order valence-electron chi connectivity index (χ1n) is 6.18. The maximum Gasteiger partial charge on any atom is 0.409 e. The normalized spacial score (nSPS) is 15.4. The molecule has 0 unspecified atom stereocenters. The van der Waals surface area contributed by atoms with Crippen LogP contribution < -0.4 is 5.73 Å². The standard InChI is InChI=1S/C12H17N3O4/c1-2-18-12(17)15-7-5-14(6-8-15)11(16)9-3-4-10(13)19-9/h3-4H,2,5-8,13H2,1H3. The first-order chi connectivity index (χ1) is 9.11. The molecule has 0 bridgehead atoms. The highest BCUT2D eigenvalue weighted by atomic mass is 16.6. The third-order valence-electron chi connectivity index (χ3n) is 2.93. The zero-order chi connectivity index (χ0) is 13.8. The topological polar surface area (TPSA) is 89.0 Å². The fraction of sp³-hybridized carbons (Fsp3) is 0.500. The molecule has 1 aliphatic rings. The summed E-state index contributed by atoms with van der Waals surface area (Å²) in [6.45, 7) is 3.95. The average molecular weight is 267 g/mol. The third-order valence-corrected chi connectivity index (χ3v) is 2.93. The van der Waals surface area contributed by atoms with Crippen molar-refractivity contribution >= 4 is 17.9 Å². The zero-order valence-corrected chi connectivity index (χ0v) is 10.8. The van der Waals surface area contributed by atoms with E-state index in [0.29, 0.717) is 32.8 Å². The minimum absolute atomic E-state index is 0.208. The van der Waals surface area contributed by atoms with E-state index < -0.39 is 0 Å². The fourth-order valence-corrected chi connectivity index (χ4v) is 1.93. The average Bonchev–Trinajstić information content (AvgIpc) is 2.85. The monoisotopic (exact) mass is 267 g/mol. The Hall–Kier alpha value is -2.18. The van der Waals surface area contributed by atoms with Crippen LogP contribution in [0, 0.1) is 0 Å². The molecule has 104 valence electrons. The van der Waals surface area contributed by atoms with Crippen LogP contribution >= 0.6 is 0 Å².